The minimum absolute atomic E-state index is 0.774. The third-order valence-electron chi connectivity index (χ3n) is 1.57. The van der Waals surface area contributed by atoms with Gasteiger partial charge in [-0.15, -0.1) is 12.6 Å². The molecule has 1 heteroatoms. The first-order valence-electron chi connectivity index (χ1n) is 3.18. The zero-order valence-electron chi connectivity index (χ0n) is 5.22. The van der Waals surface area contributed by atoms with Crippen LogP contribution in [0.5, 0.6) is 0 Å². The lowest BCUT2D eigenvalue weighted by atomic mass is 9.98. The Kier molecular flexibility index (Phi) is 2.01. The summed E-state index contributed by atoms with van der Waals surface area (Å²) in [6.07, 6.45) is 6.14. The van der Waals surface area contributed by atoms with Crippen LogP contribution in [0.1, 0.15) is 26.2 Å². The molecule has 0 aromatic carbocycles. The molecular formula is C7H12S. The second kappa shape index (κ2) is 2.58. The summed E-state index contributed by atoms with van der Waals surface area (Å²) in [7, 11) is 0. The molecular weight excluding hydrogens is 116 g/mol. The molecule has 0 spiro atoms. The molecule has 8 heavy (non-hydrogen) atoms. The molecule has 0 heterocycles. The molecule has 1 aliphatic carbocycles. The highest BCUT2D eigenvalue weighted by Crippen LogP contribution is 2.23. The summed E-state index contributed by atoms with van der Waals surface area (Å²) in [5, 5.41) is 0. The largest absolute Gasteiger partial charge is 0.148 e. The van der Waals surface area contributed by atoms with Crippen molar-refractivity contribution in [2.45, 2.75) is 26.2 Å². The monoisotopic (exact) mass is 128 g/mol. The lowest BCUT2D eigenvalue weighted by Crippen LogP contribution is -1.96. The standard InChI is InChI=1S/C7H12S/c1-6-3-2-4-7(8)5-6/h5-6,8H,2-4H2,1H3. The zero-order chi connectivity index (χ0) is 5.98. The van der Waals surface area contributed by atoms with E-state index in [4.69, 9.17) is 0 Å². The summed E-state index contributed by atoms with van der Waals surface area (Å²) >= 11 is 4.28. The highest BCUT2D eigenvalue weighted by atomic mass is 32.1. The van der Waals surface area contributed by atoms with Crippen molar-refractivity contribution in [1.29, 1.82) is 0 Å². The van der Waals surface area contributed by atoms with Gasteiger partial charge in [0.1, 0.15) is 0 Å². The highest BCUT2D eigenvalue weighted by molar-refractivity contribution is 7.84. The quantitative estimate of drug-likeness (QED) is 0.476. The summed E-state index contributed by atoms with van der Waals surface area (Å²) in [5.74, 6) is 0.774. The van der Waals surface area contributed by atoms with Crippen molar-refractivity contribution < 1.29 is 0 Å². The molecule has 0 radical (unpaired) electrons. The maximum atomic E-state index is 4.28. The smallest absolute Gasteiger partial charge is 0.0221 e. The highest BCUT2D eigenvalue weighted by Gasteiger charge is 2.04. The Labute approximate surface area is 56.4 Å². The van der Waals surface area contributed by atoms with Crippen molar-refractivity contribution in [3.05, 3.63) is 11.0 Å². The second-order valence-corrected chi connectivity index (χ2v) is 3.10. The van der Waals surface area contributed by atoms with Crippen LogP contribution < -0.4 is 0 Å². The van der Waals surface area contributed by atoms with Gasteiger partial charge >= 0.3 is 0 Å². The summed E-state index contributed by atoms with van der Waals surface area (Å²) in [5.41, 5.74) is 0. The second-order valence-electron chi connectivity index (χ2n) is 2.53. The Morgan fingerprint density at radius 1 is 1.75 bits per heavy atom. The molecule has 0 amide bonds. The maximum Gasteiger partial charge on any atom is -0.0221 e. The van der Waals surface area contributed by atoms with Gasteiger partial charge in [0.05, 0.1) is 0 Å². The van der Waals surface area contributed by atoms with Crippen molar-refractivity contribution in [3.63, 3.8) is 0 Å². The first-order valence-corrected chi connectivity index (χ1v) is 3.63. The van der Waals surface area contributed by atoms with Crippen molar-refractivity contribution >= 4 is 12.6 Å². The number of hydrogen-bond donors (Lipinski definition) is 1. The van der Waals surface area contributed by atoms with Crippen LogP contribution in [-0.2, 0) is 0 Å². The van der Waals surface area contributed by atoms with Gasteiger partial charge in [0.25, 0.3) is 0 Å². The summed E-state index contributed by atoms with van der Waals surface area (Å²) < 4.78 is 0. The molecule has 1 rings (SSSR count). The number of hydrogen-bond acceptors (Lipinski definition) is 1. The predicted octanol–water partition coefficient (Wildman–Crippen LogP) is 2.62. The average molecular weight is 128 g/mol. The van der Waals surface area contributed by atoms with E-state index in [1.165, 1.54) is 24.2 Å². The van der Waals surface area contributed by atoms with E-state index in [9.17, 15) is 0 Å². The van der Waals surface area contributed by atoms with Crippen LogP contribution in [0.3, 0.4) is 0 Å². The van der Waals surface area contributed by atoms with Crippen LogP contribution in [0.2, 0.25) is 0 Å². The molecule has 46 valence electrons. The molecule has 0 nitrogen and oxygen atoms in total. The van der Waals surface area contributed by atoms with E-state index in [1.807, 2.05) is 0 Å². The molecule has 0 saturated heterocycles. The van der Waals surface area contributed by atoms with E-state index < -0.39 is 0 Å². The lowest BCUT2D eigenvalue weighted by molar-refractivity contribution is 0.581. The third kappa shape index (κ3) is 1.55. The van der Waals surface area contributed by atoms with Gasteiger partial charge in [0.15, 0.2) is 0 Å². The number of rotatable bonds is 0. The Morgan fingerprint density at radius 2 is 2.50 bits per heavy atom. The molecule has 1 unspecified atom stereocenters. The molecule has 0 aromatic rings. The molecule has 0 N–H and O–H groups in total. The van der Waals surface area contributed by atoms with Gasteiger partial charge in [-0.05, 0) is 30.1 Å². The SMILES string of the molecule is CC1C=C(S)CCC1. The predicted molar refractivity (Wildman–Crippen MR) is 40.1 cm³/mol. The molecule has 0 aromatic heterocycles. The van der Waals surface area contributed by atoms with Crippen molar-refractivity contribution in [1.82, 2.24) is 0 Å². The summed E-state index contributed by atoms with van der Waals surface area (Å²) in [4.78, 5) is 1.28. The van der Waals surface area contributed by atoms with E-state index in [1.54, 1.807) is 0 Å². The van der Waals surface area contributed by atoms with E-state index in [0.29, 0.717) is 0 Å². The first kappa shape index (κ1) is 6.21. The Balaban J connectivity index is 2.50. The molecule has 0 fully saturated rings. The normalized spacial score (nSPS) is 29.8. The fourth-order valence-corrected chi connectivity index (χ4v) is 1.51. The van der Waals surface area contributed by atoms with Crippen LogP contribution in [0.25, 0.3) is 0 Å². The van der Waals surface area contributed by atoms with Crippen molar-refractivity contribution in [2.75, 3.05) is 0 Å². The van der Waals surface area contributed by atoms with Crippen LogP contribution >= 0.6 is 12.6 Å². The van der Waals surface area contributed by atoms with Crippen LogP contribution in [0, 0.1) is 5.92 Å². The Morgan fingerprint density at radius 3 is 2.88 bits per heavy atom. The van der Waals surface area contributed by atoms with Gasteiger partial charge in [0, 0.05) is 0 Å². The molecule has 1 aliphatic rings. The number of thiol groups is 1. The molecule has 1 atom stereocenters. The van der Waals surface area contributed by atoms with Crippen LogP contribution in [0.4, 0.5) is 0 Å². The summed E-state index contributed by atoms with van der Waals surface area (Å²) in [6, 6.07) is 0. The molecule has 0 aliphatic heterocycles. The van der Waals surface area contributed by atoms with Gasteiger partial charge in [-0.2, -0.15) is 0 Å². The number of allylic oxidation sites excluding steroid dienone is 2. The minimum Gasteiger partial charge on any atom is -0.148 e. The third-order valence-corrected chi connectivity index (χ3v) is 1.94. The zero-order valence-corrected chi connectivity index (χ0v) is 6.12. The van der Waals surface area contributed by atoms with E-state index >= 15 is 0 Å². The topological polar surface area (TPSA) is 0 Å². The van der Waals surface area contributed by atoms with Crippen molar-refractivity contribution in [3.8, 4) is 0 Å². The van der Waals surface area contributed by atoms with Crippen LogP contribution in [0.15, 0.2) is 11.0 Å². The lowest BCUT2D eigenvalue weighted by Gasteiger charge is -2.12. The van der Waals surface area contributed by atoms with Crippen LogP contribution in [-0.4, -0.2) is 0 Å². The fourth-order valence-electron chi connectivity index (χ4n) is 1.10. The van der Waals surface area contributed by atoms with Gasteiger partial charge in [-0.1, -0.05) is 13.0 Å². The fraction of sp³-hybridized carbons (Fsp3) is 0.714. The molecule has 0 saturated carbocycles. The average Bonchev–Trinajstić information content (AvgIpc) is 1.64. The maximum absolute atomic E-state index is 4.28. The van der Waals surface area contributed by atoms with Gasteiger partial charge < -0.3 is 0 Å². The van der Waals surface area contributed by atoms with E-state index in [0.717, 1.165) is 5.92 Å². The first-order chi connectivity index (χ1) is 3.79. The van der Waals surface area contributed by atoms with Crippen molar-refractivity contribution in [2.24, 2.45) is 5.92 Å². The van der Waals surface area contributed by atoms with Gasteiger partial charge in [-0.25, -0.2) is 0 Å². The Bertz CT molecular complexity index is 105. The molecule has 0 bridgehead atoms. The van der Waals surface area contributed by atoms with E-state index in [-0.39, 0.29) is 0 Å². The van der Waals surface area contributed by atoms with Gasteiger partial charge in [0.2, 0.25) is 0 Å². The van der Waals surface area contributed by atoms with Gasteiger partial charge in [-0.3, -0.25) is 0 Å². The Hall–Kier alpha value is 0.0900. The van der Waals surface area contributed by atoms with E-state index in [2.05, 4.69) is 25.6 Å². The minimum atomic E-state index is 0.774. The summed E-state index contributed by atoms with van der Waals surface area (Å²) in [6.45, 7) is 2.25.